The zero-order chi connectivity index (χ0) is 15.0. The highest BCUT2D eigenvalue weighted by atomic mass is 16.2. The minimum absolute atomic E-state index is 0.248. The molecular formula is C14H28N4O2. The minimum Gasteiger partial charge on any atom is -0.338 e. The van der Waals surface area contributed by atoms with Crippen molar-refractivity contribution in [3.05, 3.63) is 0 Å². The fraction of sp³-hybridized carbons (Fsp3) is 0.857. The molecule has 3 amide bonds. The molecule has 0 bridgehead atoms. The zero-order valence-corrected chi connectivity index (χ0v) is 12.7. The third-order valence-electron chi connectivity index (χ3n) is 3.93. The van der Waals surface area contributed by atoms with E-state index in [1.165, 1.54) is 0 Å². The average molecular weight is 284 g/mol. The second kappa shape index (κ2) is 8.92. The Labute approximate surface area is 121 Å². The molecule has 6 nitrogen and oxygen atoms in total. The smallest absolute Gasteiger partial charge is 0.321 e. The molecule has 2 unspecified atom stereocenters. The normalized spacial score (nSPS) is 23.4. The van der Waals surface area contributed by atoms with E-state index in [1.54, 1.807) is 0 Å². The van der Waals surface area contributed by atoms with Crippen LogP contribution in [0.5, 0.6) is 0 Å². The maximum Gasteiger partial charge on any atom is 0.321 e. The van der Waals surface area contributed by atoms with Gasteiger partial charge in [-0.15, -0.1) is 0 Å². The summed E-state index contributed by atoms with van der Waals surface area (Å²) in [6.45, 7) is 6.42. The van der Waals surface area contributed by atoms with Crippen molar-refractivity contribution in [3.63, 3.8) is 0 Å². The van der Waals surface area contributed by atoms with Crippen molar-refractivity contribution in [2.24, 2.45) is 11.7 Å². The highest BCUT2D eigenvalue weighted by Gasteiger charge is 2.28. The molecule has 0 aliphatic carbocycles. The van der Waals surface area contributed by atoms with Crippen molar-refractivity contribution in [3.8, 4) is 0 Å². The molecule has 20 heavy (non-hydrogen) atoms. The Bertz CT molecular complexity index is 322. The Morgan fingerprint density at radius 2 is 2.10 bits per heavy atom. The Kier molecular flexibility index (Phi) is 7.54. The van der Waals surface area contributed by atoms with Gasteiger partial charge in [0.15, 0.2) is 0 Å². The van der Waals surface area contributed by atoms with Crippen LogP contribution >= 0.6 is 0 Å². The van der Waals surface area contributed by atoms with Crippen LogP contribution in [-0.2, 0) is 4.79 Å². The van der Waals surface area contributed by atoms with Crippen LogP contribution in [0.1, 0.15) is 39.5 Å². The van der Waals surface area contributed by atoms with Crippen molar-refractivity contribution in [2.75, 3.05) is 26.2 Å². The maximum atomic E-state index is 11.8. The van der Waals surface area contributed by atoms with E-state index < -0.39 is 6.03 Å². The molecule has 4 N–H and O–H groups in total. The Hall–Kier alpha value is -1.14. The van der Waals surface area contributed by atoms with Crippen molar-refractivity contribution >= 4 is 11.9 Å². The van der Waals surface area contributed by atoms with Gasteiger partial charge in [-0.05, 0) is 31.7 Å². The lowest BCUT2D eigenvalue weighted by molar-refractivity contribution is -0.122. The van der Waals surface area contributed by atoms with Crippen LogP contribution in [0.4, 0.5) is 4.79 Å². The van der Waals surface area contributed by atoms with Crippen molar-refractivity contribution in [2.45, 2.75) is 45.6 Å². The lowest BCUT2D eigenvalue weighted by Gasteiger charge is -2.38. The summed E-state index contributed by atoms with van der Waals surface area (Å²) in [5, 5.41) is 4.99. The first kappa shape index (κ1) is 16.9. The van der Waals surface area contributed by atoms with Crippen molar-refractivity contribution < 1.29 is 9.59 Å². The summed E-state index contributed by atoms with van der Waals surface area (Å²) < 4.78 is 0. The van der Waals surface area contributed by atoms with Crippen LogP contribution in [0.25, 0.3) is 0 Å². The summed E-state index contributed by atoms with van der Waals surface area (Å²) in [6, 6.07) is -0.164. The lowest BCUT2D eigenvalue weighted by atomic mass is 9.89. The number of hydrogen-bond acceptors (Lipinski definition) is 4. The molecule has 6 heteroatoms. The first-order chi connectivity index (χ1) is 9.60. The first-order valence-corrected chi connectivity index (χ1v) is 7.62. The van der Waals surface area contributed by atoms with Gasteiger partial charge in [0.1, 0.15) is 0 Å². The van der Waals surface area contributed by atoms with Crippen molar-refractivity contribution in [1.29, 1.82) is 0 Å². The van der Waals surface area contributed by atoms with E-state index in [0.717, 1.165) is 32.2 Å². The number of imide groups is 1. The van der Waals surface area contributed by atoms with Crippen LogP contribution in [0, 0.1) is 5.92 Å². The second-order valence-corrected chi connectivity index (χ2v) is 5.46. The van der Waals surface area contributed by atoms with E-state index in [2.05, 4.69) is 22.5 Å². The van der Waals surface area contributed by atoms with Gasteiger partial charge in [0, 0.05) is 19.1 Å². The molecule has 1 aliphatic heterocycles. The average Bonchev–Trinajstić information content (AvgIpc) is 2.45. The van der Waals surface area contributed by atoms with E-state index in [0.29, 0.717) is 19.0 Å². The largest absolute Gasteiger partial charge is 0.338 e. The van der Waals surface area contributed by atoms with Gasteiger partial charge < -0.3 is 11.1 Å². The number of carbonyl (C=O) groups excluding carboxylic acids is 2. The standard InChI is InChI=1S/C14H28N4O2/c1-3-6-16-14(20)17-13(19)10-18-7-5-11(4-2)8-12(18)9-15/h11-12H,3-10,15H2,1-2H3,(H2,16,17,19,20). The van der Waals surface area contributed by atoms with Gasteiger partial charge in [0.05, 0.1) is 6.54 Å². The van der Waals surface area contributed by atoms with Gasteiger partial charge >= 0.3 is 6.03 Å². The number of carbonyl (C=O) groups is 2. The quantitative estimate of drug-likeness (QED) is 0.669. The fourth-order valence-electron chi connectivity index (χ4n) is 2.64. The van der Waals surface area contributed by atoms with Gasteiger partial charge in [-0.25, -0.2) is 4.79 Å². The van der Waals surface area contributed by atoms with Gasteiger partial charge in [-0.3, -0.25) is 15.0 Å². The van der Waals surface area contributed by atoms with E-state index in [1.807, 2.05) is 6.92 Å². The molecule has 0 aromatic rings. The Morgan fingerprint density at radius 3 is 2.70 bits per heavy atom. The van der Waals surface area contributed by atoms with Gasteiger partial charge in [-0.1, -0.05) is 20.3 Å². The maximum absolute atomic E-state index is 11.8. The van der Waals surface area contributed by atoms with E-state index in [9.17, 15) is 9.59 Å². The molecule has 0 spiro atoms. The molecule has 1 fully saturated rings. The topological polar surface area (TPSA) is 87.5 Å². The van der Waals surface area contributed by atoms with Gasteiger partial charge in [0.2, 0.25) is 5.91 Å². The Balaban J connectivity index is 2.38. The molecule has 0 saturated carbocycles. The third-order valence-corrected chi connectivity index (χ3v) is 3.93. The minimum atomic E-state index is -0.412. The number of nitrogens with two attached hydrogens (primary N) is 1. The van der Waals surface area contributed by atoms with Crippen LogP contribution in [-0.4, -0.2) is 49.1 Å². The van der Waals surface area contributed by atoms with Gasteiger partial charge in [-0.2, -0.15) is 0 Å². The molecule has 1 aliphatic rings. The van der Waals surface area contributed by atoms with Crippen LogP contribution in [0.3, 0.4) is 0 Å². The monoisotopic (exact) mass is 284 g/mol. The van der Waals surface area contributed by atoms with Crippen LogP contribution < -0.4 is 16.4 Å². The molecule has 1 rings (SSSR count). The summed E-state index contributed by atoms with van der Waals surface area (Å²) in [5.41, 5.74) is 5.80. The number of piperidine rings is 1. The molecule has 0 aromatic carbocycles. The summed E-state index contributed by atoms with van der Waals surface area (Å²) in [7, 11) is 0. The second-order valence-electron chi connectivity index (χ2n) is 5.46. The first-order valence-electron chi connectivity index (χ1n) is 7.62. The molecule has 116 valence electrons. The molecule has 0 radical (unpaired) electrons. The number of hydrogen-bond donors (Lipinski definition) is 3. The molecule has 1 saturated heterocycles. The fourth-order valence-corrected chi connectivity index (χ4v) is 2.64. The number of urea groups is 1. The van der Waals surface area contributed by atoms with Crippen molar-refractivity contribution in [1.82, 2.24) is 15.5 Å². The highest BCUT2D eigenvalue weighted by molar-refractivity contribution is 5.95. The molecular weight excluding hydrogens is 256 g/mol. The summed E-state index contributed by atoms with van der Waals surface area (Å²) >= 11 is 0. The number of nitrogens with one attached hydrogen (secondary N) is 2. The predicted molar refractivity (Wildman–Crippen MR) is 79.3 cm³/mol. The van der Waals surface area contributed by atoms with E-state index in [4.69, 9.17) is 5.73 Å². The SMILES string of the molecule is CCCNC(=O)NC(=O)CN1CCC(CC)CC1CN. The number of likely N-dealkylation sites (tertiary alicyclic amines) is 1. The van der Waals surface area contributed by atoms with Crippen LogP contribution in [0.2, 0.25) is 0 Å². The Morgan fingerprint density at radius 1 is 1.35 bits per heavy atom. The number of rotatable bonds is 6. The summed E-state index contributed by atoms with van der Waals surface area (Å²) in [4.78, 5) is 25.4. The van der Waals surface area contributed by atoms with E-state index >= 15 is 0 Å². The van der Waals surface area contributed by atoms with Gasteiger partial charge in [0.25, 0.3) is 0 Å². The highest BCUT2D eigenvalue weighted by Crippen LogP contribution is 2.24. The van der Waals surface area contributed by atoms with E-state index in [-0.39, 0.29) is 18.5 Å². The molecule has 2 atom stereocenters. The number of nitrogens with zero attached hydrogens (tertiary/aromatic N) is 1. The zero-order valence-electron chi connectivity index (χ0n) is 12.7. The third kappa shape index (κ3) is 5.46. The summed E-state index contributed by atoms with van der Waals surface area (Å²) in [5.74, 6) is 0.447. The number of amides is 3. The molecule has 0 aromatic heterocycles. The molecule has 1 heterocycles. The lowest BCUT2D eigenvalue weighted by Crippen LogP contribution is -2.52. The predicted octanol–water partition coefficient (Wildman–Crippen LogP) is 0.672. The summed E-state index contributed by atoms with van der Waals surface area (Å²) in [6.07, 6.45) is 4.15. The van der Waals surface area contributed by atoms with Crippen LogP contribution in [0.15, 0.2) is 0 Å².